The van der Waals surface area contributed by atoms with E-state index in [1.54, 1.807) is 0 Å². The van der Waals surface area contributed by atoms with Gasteiger partial charge in [0, 0.05) is 5.69 Å². The molecule has 5 nitrogen and oxygen atoms in total. The molecule has 0 fully saturated rings. The zero-order valence-corrected chi connectivity index (χ0v) is 9.72. The molecule has 0 spiro atoms. The van der Waals surface area contributed by atoms with Crippen LogP contribution in [-0.2, 0) is 4.79 Å². The van der Waals surface area contributed by atoms with E-state index in [9.17, 15) is 14.0 Å². The van der Waals surface area contributed by atoms with Crippen LogP contribution < -0.4 is 16.4 Å². The molecule has 1 aromatic carbocycles. The highest BCUT2D eigenvalue weighted by Gasteiger charge is 2.14. The molecule has 0 saturated carbocycles. The van der Waals surface area contributed by atoms with Crippen LogP contribution in [0.15, 0.2) is 18.2 Å². The molecule has 1 rings (SSSR count). The Morgan fingerprint density at radius 2 is 2.12 bits per heavy atom. The number of carbonyl (C=O) groups is 2. The summed E-state index contributed by atoms with van der Waals surface area (Å²) in [4.78, 5) is 21.8. The van der Waals surface area contributed by atoms with Crippen molar-refractivity contribution in [1.29, 1.82) is 0 Å². The number of amides is 3. The lowest BCUT2D eigenvalue weighted by molar-refractivity contribution is -0.120. The van der Waals surface area contributed by atoms with Gasteiger partial charge in [-0.1, -0.05) is 11.6 Å². The molecule has 0 radical (unpaired) electrons. The summed E-state index contributed by atoms with van der Waals surface area (Å²) in [7, 11) is 0. The number of anilines is 1. The van der Waals surface area contributed by atoms with Gasteiger partial charge in [-0.25, -0.2) is 9.18 Å². The topological polar surface area (TPSA) is 84.2 Å². The Hall–Kier alpha value is -1.82. The second-order valence-electron chi connectivity index (χ2n) is 3.35. The summed E-state index contributed by atoms with van der Waals surface area (Å²) in [5.41, 5.74) is 5.17. The molecule has 0 aliphatic heterocycles. The largest absolute Gasteiger partial charge is 0.374 e. The first-order valence-corrected chi connectivity index (χ1v) is 5.10. The van der Waals surface area contributed by atoms with Crippen molar-refractivity contribution in [2.75, 3.05) is 5.32 Å². The highest BCUT2D eigenvalue weighted by Crippen LogP contribution is 2.19. The Morgan fingerprint density at radius 1 is 1.47 bits per heavy atom. The zero-order valence-electron chi connectivity index (χ0n) is 8.96. The highest BCUT2D eigenvalue weighted by atomic mass is 35.5. The first-order chi connectivity index (χ1) is 7.90. The number of rotatable bonds is 3. The van der Waals surface area contributed by atoms with E-state index in [2.05, 4.69) is 5.32 Å². The number of nitrogens with two attached hydrogens (primary N) is 1. The van der Waals surface area contributed by atoms with Crippen molar-refractivity contribution < 1.29 is 14.0 Å². The Balaban J connectivity index is 2.67. The Bertz CT molecular complexity index is 453. The molecular formula is C10H11ClFN3O2. The summed E-state index contributed by atoms with van der Waals surface area (Å²) in [5, 5.41) is 4.59. The lowest BCUT2D eigenvalue weighted by Gasteiger charge is -2.14. The molecule has 7 heteroatoms. The molecule has 0 aromatic heterocycles. The number of imide groups is 1. The first kappa shape index (κ1) is 13.2. The van der Waals surface area contributed by atoms with E-state index < -0.39 is 23.8 Å². The van der Waals surface area contributed by atoms with Gasteiger partial charge in [-0.3, -0.25) is 10.1 Å². The van der Waals surface area contributed by atoms with Crippen LogP contribution in [0.1, 0.15) is 6.92 Å². The molecule has 0 heterocycles. The van der Waals surface area contributed by atoms with E-state index in [4.69, 9.17) is 17.3 Å². The van der Waals surface area contributed by atoms with Crippen LogP contribution in [0.3, 0.4) is 0 Å². The number of hydrogen-bond donors (Lipinski definition) is 3. The number of nitrogens with one attached hydrogen (secondary N) is 2. The number of halogens is 2. The van der Waals surface area contributed by atoms with Crippen LogP contribution >= 0.6 is 11.6 Å². The van der Waals surface area contributed by atoms with Gasteiger partial charge in [-0.05, 0) is 25.1 Å². The summed E-state index contributed by atoms with van der Waals surface area (Å²) in [6.45, 7) is 1.50. The van der Waals surface area contributed by atoms with E-state index in [0.29, 0.717) is 5.69 Å². The standard InChI is InChI=1S/C10H11ClFN3O2/c1-5(9(16)15-10(13)17)14-6-2-3-7(11)8(12)4-6/h2-5,14H,1H3,(H3,13,15,16,17)/t5-/m0/s1. The molecule has 17 heavy (non-hydrogen) atoms. The Labute approximate surface area is 102 Å². The fraction of sp³-hybridized carbons (Fsp3) is 0.200. The maximum Gasteiger partial charge on any atom is 0.318 e. The number of hydrogen-bond acceptors (Lipinski definition) is 3. The summed E-state index contributed by atoms with van der Waals surface area (Å²) in [6, 6.07) is 2.35. The molecule has 1 atom stereocenters. The SMILES string of the molecule is C[C@H](Nc1ccc(Cl)c(F)c1)C(=O)NC(N)=O. The minimum atomic E-state index is -0.939. The third-order valence-corrected chi connectivity index (χ3v) is 2.25. The Morgan fingerprint density at radius 3 is 2.65 bits per heavy atom. The van der Waals surface area contributed by atoms with Crippen molar-refractivity contribution in [3.05, 3.63) is 29.0 Å². The lowest BCUT2D eigenvalue weighted by atomic mass is 10.2. The quantitative estimate of drug-likeness (QED) is 0.769. The van der Waals surface area contributed by atoms with Gasteiger partial charge >= 0.3 is 6.03 Å². The fourth-order valence-corrected chi connectivity index (χ4v) is 1.25. The van der Waals surface area contributed by atoms with Gasteiger partial charge in [0.25, 0.3) is 0 Å². The van der Waals surface area contributed by atoms with E-state index in [-0.39, 0.29) is 5.02 Å². The molecule has 0 aliphatic rings. The molecular weight excluding hydrogens is 249 g/mol. The smallest absolute Gasteiger partial charge is 0.318 e. The van der Waals surface area contributed by atoms with Gasteiger partial charge in [0.1, 0.15) is 11.9 Å². The number of benzene rings is 1. The van der Waals surface area contributed by atoms with E-state index >= 15 is 0 Å². The minimum absolute atomic E-state index is 0.00945. The van der Waals surface area contributed by atoms with Crippen molar-refractivity contribution in [1.82, 2.24) is 5.32 Å². The van der Waals surface area contributed by atoms with Crippen LogP contribution in [-0.4, -0.2) is 18.0 Å². The first-order valence-electron chi connectivity index (χ1n) is 4.72. The molecule has 3 amide bonds. The molecule has 0 unspecified atom stereocenters. The average molecular weight is 260 g/mol. The monoisotopic (exact) mass is 259 g/mol. The number of carbonyl (C=O) groups excluding carboxylic acids is 2. The van der Waals surface area contributed by atoms with Crippen molar-refractivity contribution in [3.8, 4) is 0 Å². The normalized spacial score (nSPS) is 11.7. The molecule has 4 N–H and O–H groups in total. The van der Waals surface area contributed by atoms with Gasteiger partial charge in [0.15, 0.2) is 0 Å². The highest BCUT2D eigenvalue weighted by molar-refractivity contribution is 6.30. The van der Waals surface area contributed by atoms with Crippen LogP contribution in [0.5, 0.6) is 0 Å². The maximum absolute atomic E-state index is 13.1. The van der Waals surface area contributed by atoms with Gasteiger partial charge in [0.05, 0.1) is 5.02 Å². The third kappa shape index (κ3) is 3.92. The van der Waals surface area contributed by atoms with Crippen LogP contribution in [0.25, 0.3) is 0 Å². The van der Waals surface area contributed by atoms with Crippen LogP contribution in [0, 0.1) is 5.82 Å². The molecule has 0 bridgehead atoms. The minimum Gasteiger partial charge on any atom is -0.374 e. The second kappa shape index (κ2) is 5.49. The molecule has 0 saturated heterocycles. The predicted molar refractivity (Wildman–Crippen MR) is 62.2 cm³/mol. The molecule has 1 aromatic rings. The molecule has 92 valence electrons. The van der Waals surface area contributed by atoms with Gasteiger partial charge in [0.2, 0.25) is 5.91 Å². The summed E-state index contributed by atoms with van der Waals surface area (Å²) < 4.78 is 13.1. The van der Waals surface area contributed by atoms with Gasteiger partial charge in [-0.2, -0.15) is 0 Å². The third-order valence-electron chi connectivity index (χ3n) is 1.94. The predicted octanol–water partition coefficient (Wildman–Crippen LogP) is 1.47. The second-order valence-corrected chi connectivity index (χ2v) is 3.76. The van der Waals surface area contributed by atoms with Crippen molar-refractivity contribution in [2.45, 2.75) is 13.0 Å². The van der Waals surface area contributed by atoms with Crippen molar-refractivity contribution in [2.24, 2.45) is 5.73 Å². The summed E-state index contributed by atoms with van der Waals surface area (Å²) in [5.74, 6) is -1.20. The van der Waals surface area contributed by atoms with Gasteiger partial charge in [-0.15, -0.1) is 0 Å². The van der Waals surface area contributed by atoms with Crippen LogP contribution in [0.2, 0.25) is 5.02 Å². The van der Waals surface area contributed by atoms with E-state index in [0.717, 1.165) is 6.07 Å². The van der Waals surface area contributed by atoms with Crippen molar-refractivity contribution >= 4 is 29.2 Å². The lowest BCUT2D eigenvalue weighted by Crippen LogP contribution is -2.43. The zero-order chi connectivity index (χ0) is 13.0. The summed E-state index contributed by atoms with van der Waals surface area (Å²) in [6.07, 6.45) is 0. The molecule has 0 aliphatic carbocycles. The van der Waals surface area contributed by atoms with E-state index in [1.807, 2.05) is 5.32 Å². The average Bonchev–Trinajstić information content (AvgIpc) is 2.22. The van der Waals surface area contributed by atoms with Crippen LogP contribution in [0.4, 0.5) is 14.9 Å². The number of primary amides is 1. The summed E-state index contributed by atoms with van der Waals surface area (Å²) >= 11 is 5.51. The Kier molecular flexibility index (Phi) is 4.28. The fourth-order valence-electron chi connectivity index (χ4n) is 1.13. The number of urea groups is 1. The van der Waals surface area contributed by atoms with Crippen molar-refractivity contribution in [3.63, 3.8) is 0 Å². The maximum atomic E-state index is 13.1. The van der Waals surface area contributed by atoms with Gasteiger partial charge < -0.3 is 11.1 Å². The van der Waals surface area contributed by atoms with E-state index in [1.165, 1.54) is 19.1 Å².